The van der Waals surface area contributed by atoms with Crippen molar-refractivity contribution in [2.75, 3.05) is 13.7 Å². The summed E-state index contributed by atoms with van der Waals surface area (Å²) >= 11 is 0. The summed E-state index contributed by atoms with van der Waals surface area (Å²) in [5, 5.41) is 14.9. The summed E-state index contributed by atoms with van der Waals surface area (Å²) in [7, 11) is 1.31. The largest absolute Gasteiger partial charge is 0.493 e. The van der Waals surface area contributed by atoms with Gasteiger partial charge in [-0.2, -0.15) is 18.4 Å². The van der Waals surface area contributed by atoms with Crippen LogP contribution in [0.15, 0.2) is 29.7 Å². The number of methoxy groups -OCH3 is 1. The first-order valence-corrected chi connectivity index (χ1v) is 7.99. The molecule has 9 nitrogen and oxygen atoms in total. The first-order valence-electron chi connectivity index (χ1n) is 7.99. The molecule has 0 bridgehead atoms. The van der Waals surface area contributed by atoms with Gasteiger partial charge in [0.15, 0.2) is 18.1 Å². The van der Waals surface area contributed by atoms with Gasteiger partial charge in [-0.3, -0.25) is 9.89 Å². The molecule has 5 N–H and O–H groups in total. The van der Waals surface area contributed by atoms with E-state index in [9.17, 15) is 23.2 Å². The number of nitrogens with one attached hydrogen (secondary N) is 1. The maximum Gasteiger partial charge on any atom is 0.433 e. The average Bonchev–Trinajstić information content (AvgIpc) is 3.08. The molecule has 12 heteroatoms. The Labute approximate surface area is 161 Å². The van der Waals surface area contributed by atoms with Crippen molar-refractivity contribution in [2.24, 2.45) is 11.5 Å². The molecule has 0 spiro atoms. The Hall–Kier alpha value is -3.88. The number of ether oxygens (including phenoxy) is 3. The fraction of sp³-hybridized carbons (Fsp3) is 0.235. The van der Waals surface area contributed by atoms with Crippen molar-refractivity contribution >= 4 is 5.91 Å². The van der Waals surface area contributed by atoms with Gasteiger partial charge < -0.3 is 25.7 Å². The number of halogens is 3. The quantitative estimate of drug-likeness (QED) is 0.678. The number of benzene rings is 1. The zero-order valence-electron chi connectivity index (χ0n) is 14.8. The van der Waals surface area contributed by atoms with Crippen molar-refractivity contribution in [3.63, 3.8) is 0 Å². The summed E-state index contributed by atoms with van der Waals surface area (Å²) in [5.41, 5.74) is 9.24. The minimum Gasteiger partial charge on any atom is -0.493 e. The summed E-state index contributed by atoms with van der Waals surface area (Å²) in [4.78, 5) is 10.9. The molecule has 1 aliphatic rings. The zero-order valence-corrected chi connectivity index (χ0v) is 14.8. The smallest absolute Gasteiger partial charge is 0.433 e. The lowest BCUT2D eigenvalue weighted by Gasteiger charge is -2.25. The maximum atomic E-state index is 13.5. The van der Waals surface area contributed by atoms with Gasteiger partial charge >= 0.3 is 6.18 Å². The molecule has 0 fully saturated rings. The second kappa shape index (κ2) is 7.27. The SMILES string of the molecule is COc1cc([C@@H]2C(C#N)=C(N)Oc3n[nH]c(C(F)(F)F)c32)ccc1OCC(N)=O. The number of alkyl halides is 3. The van der Waals surface area contributed by atoms with Gasteiger partial charge in [-0.1, -0.05) is 6.07 Å². The molecule has 0 aliphatic carbocycles. The lowest BCUT2D eigenvalue weighted by atomic mass is 9.83. The van der Waals surface area contributed by atoms with Crippen molar-refractivity contribution in [3.8, 4) is 23.4 Å². The van der Waals surface area contributed by atoms with Crippen LogP contribution in [0.4, 0.5) is 13.2 Å². The predicted molar refractivity (Wildman–Crippen MR) is 90.6 cm³/mol. The molecular weight excluding hydrogens is 395 g/mol. The van der Waals surface area contributed by atoms with Crippen molar-refractivity contribution in [3.05, 3.63) is 46.5 Å². The molecule has 0 saturated carbocycles. The van der Waals surface area contributed by atoms with Crippen LogP contribution < -0.4 is 25.7 Å². The number of primary amides is 1. The number of hydrogen-bond donors (Lipinski definition) is 3. The summed E-state index contributed by atoms with van der Waals surface area (Å²) in [6.45, 7) is -0.423. The molecule has 1 aromatic heterocycles. The summed E-state index contributed by atoms with van der Waals surface area (Å²) in [6.07, 6.45) is -4.77. The number of carbonyl (C=O) groups excluding carboxylic acids is 1. The normalized spacial score (nSPS) is 15.9. The van der Waals surface area contributed by atoms with Gasteiger partial charge in [-0.25, -0.2) is 0 Å². The van der Waals surface area contributed by atoms with Crippen LogP contribution >= 0.6 is 0 Å². The number of aromatic amines is 1. The van der Waals surface area contributed by atoms with Crippen LogP contribution in [0.2, 0.25) is 0 Å². The summed E-state index contributed by atoms with van der Waals surface area (Å²) in [6, 6.07) is 5.95. The number of nitrogens with zero attached hydrogens (tertiary/aromatic N) is 2. The first kappa shape index (κ1) is 19.9. The Morgan fingerprint density at radius 1 is 1.41 bits per heavy atom. The monoisotopic (exact) mass is 409 g/mol. The topological polar surface area (TPSA) is 149 Å². The van der Waals surface area contributed by atoms with E-state index in [1.807, 2.05) is 5.10 Å². The Bertz CT molecular complexity index is 1040. The highest BCUT2D eigenvalue weighted by Gasteiger charge is 2.44. The number of rotatable bonds is 5. The number of allylic oxidation sites excluding steroid dienone is 1. The number of hydrogen-bond acceptors (Lipinski definition) is 7. The molecule has 1 amide bonds. The Morgan fingerprint density at radius 3 is 2.72 bits per heavy atom. The van der Waals surface area contributed by atoms with Gasteiger partial charge in [0, 0.05) is 0 Å². The van der Waals surface area contributed by atoms with Gasteiger partial charge in [0.2, 0.25) is 11.8 Å². The molecule has 0 radical (unpaired) electrons. The number of aromatic nitrogens is 2. The van der Waals surface area contributed by atoms with Gasteiger partial charge in [-0.15, -0.1) is 5.10 Å². The molecule has 2 aromatic rings. The molecule has 1 atom stereocenters. The fourth-order valence-electron chi connectivity index (χ4n) is 2.93. The molecule has 1 aromatic carbocycles. The Morgan fingerprint density at radius 2 is 2.14 bits per heavy atom. The Kier molecular flexibility index (Phi) is 4.98. The van der Waals surface area contributed by atoms with Crippen LogP contribution in [-0.4, -0.2) is 29.8 Å². The second-order valence-electron chi connectivity index (χ2n) is 5.91. The van der Waals surface area contributed by atoms with Gasteiger partial charge in [0.1, 0.15) is 17.3 Å². The molecule has 29 heavy (non-hydrogen) atoms. The molecule has 152 valence electrons. The molecule has 0 saturated heterocycles. The standard InChI is InChI=1S/C17H14F3N5O4/c1-27-10-4-7(2-3-9(10)28-6-11(22)26)12-8(5-21)15(23)29-16-13(12)14(24-25-16)17(18,19)20/h2-4,12H,6,23H2,1H3,(H2,22,26)(H,24,25)/t12-/m1/s1. The molecule has 1 aliphatic heterocycles. The third kappa shape index (κ3) is 3.62. The van der Waals surface area contributed by atoms with E-state index in [4.69, 9.17) is 25.7 Å². The van der Waals surface area contributed by atoms with Crippen LogP contribution in [0, 0.1) is 11.3 Å². The molecule has 0 unspecified atom stereocenters. The highest BCUT2D eigenvalue weighted by Crippen LogP contribution is 2.47. The van der Waals surface area contributed by atoms with Crippen molar-refractivity contribution < 1.29 is 32.2 Å². The lowest BCUT2D eigenvalue weighted by Crippen LogP contribution is -2.23. The van der Waals surface area contributed by atoms with Crippen molar-refractivity contribution in [2.45, 2.75) is 12.1 Å². The number of fused-ring (bicyclic) bond motifs is 1. The number of carbonyl (C=O) groups is 1. The minimum absolute atomic E-state index is 0.115. The van der Waals surface area contributed by atoms with E-state index in [0.717, 1.165) is 0 Å². The lowest BCUT2D eigenvalue weighted by molar-refractivity contribution is -0.141. The first-order chi connectivity index (χ1) is 13.7. The number of amides is 1. The summed E-state index contributed by atoms with van der Waals surface area (Å²) in [5.74, 6) is -2.44. The van der Waals surface area contributed by atoms with Crippen LogP contribution in [0.5, 0.6) is 17.4 Å². The minimum atomic E-state index is -4.77. The van der Waals surface area contributed by atoms with Gasteiger partial charge in [0.05, 0.1) is 18.6 Å². The van der Waals surface area contributed by atoms with E-state index in [-0.39, 0.29) is 40.0 Å². The van der Waals surface area contributed by atoms with E-state index in [1.54, 1.807) is 6.07 Å². The average molecular weight is 409 g/mol. The Balaban J connectivity index is 2.15. The maximum absolute atomic E-state index is 13.5. The van der Waals surface area contributed by atoms with Crippen LogP contribution in [0.1, 0.15) is 22.7 Å². The van der Waals surface area contributed by atoms with Crippen LogP contribution in [0.25, 0.3) is 0 Å². The van der Waals surface area contributed by atoms with Crippen LogP contribution in [-0.2, 0) is 11.0 Å². The number of H-pyrrole nitrogens is 1. The van der Waals surface area contributed by atoms with Gasteiger partial charge in [-0.05, 0) is 17.7 Å². The molecule has 2 heterocycles. The third-order valence-corrected chi connectivity index (χ3v) is 4.11. The van der Waals surface area contributed by atoms with E-state index in [1.165, 1.54) is 25.3 Å². The molecule has 3 rings (SSSR count). The van der Waals surface area contributed by atoms with Crippen molar-refractivity contribution in [1.82, 2.24) is 10.2 Å². The predicted octanol–water partition coefficient (Wildman–Crippen LogP) is 1.52. The zero-order chi connectivity index (χ0) is 21.3. The highest BCUT2D eigenvalue weighted by molar-refractivity contribution is 5.75. The number of nitriles is 1. The van der Waals surface area contributed by atoms with E-state index >= 15 is 0 Å². The van der Waals surface area contributed by atoms with E-state index in [0.29, 0.717) is 0 Å². The highest BCUT2D eigenvalue weighted by atomic mass is 19.4. The van der Waals surface area contributed by atoms with E-state index < -0.39 is 30.3 Å². The fourth-order valence-corrected chi connectivity index (χ4v) is 2.93. The van der Waals surface area contributed by atoms with E-state index in [2.05, 4.69) is 5.10 Å². The van der Waals surface area contributed by atoms with Crippen LogP contribution in [0.3, 0.4) is 0 Å². The second-order valence-corrected chi connectivity index (χ2v) is 5.91. The third-order valence-electron chi connectivity index (χ3n) is 4.11. The summed E-state index contributed by atoms with van der Waals surface area (Å²) < 4.78 is 55.9. The number of nitrogens with two attached hydrogens (primary N) is 2. The van der Waals surface area contributed by atoms with Gasteiger partial charge in [0.25, 0.3) is 5.91 Å². The molecular formula is C17H14F3N5O4. The van der Waals surface area contributed by atoms with Crippen molar-refractivity contribution in [1.29, 1.82) is 5.26 Å².